The van der Waals surface area contributed by atoms with Gasteiger partial charge in [0.05, 0.1) is 5.69 Å². The van der Waals surface area contributed by atoms with Crippen molar-refractivity contribution in [2.75, 3.05) is 18.1 Å². The van der Waals surface area contributed by atoms with Crippen molar-refractivity contribution in [1.82, 2.24) is 15.1 Å². The highest BCUT2D eigenvalue weighted by Gasteiger charge is 2.37. The molecule has 1 aromatic rings. The molecule has 1 aromatic heterocycles. The van der Waals surface area contributed by atoms with Crippen LogP contribution in [0.1, 0.15) is 31.2 Å². The molecule has 1 amide bonds. The van der Waals surface area contributed by atoms with Gasteiger partial charge < -0.3 is 10.4 Å². The highest BCUT2D eigenvalue weighted by atomic mass is 32.2. The summed E-state index contributed by atoms with van der Waals surface area (Å²) in [5.74, 6) is 1.76. The highest BCUT2D eigenvalue weighted by molar-refractivity contribution is 7.99. The number of carbonyl (C=O) groups excluding carboxylic acids is 1. The number of aromatic nitrogens is 2. The lowest BCUT2D eigenvalue weighted by Crippen LogP contribution is -2.50. The van der Waals surface area contributed by atoms with Crippen LogP contribution in [0.5, 0.6) is 0 Å². The lowest BCUT2D eigenvalue weighted by atomic mass is 9.95. The zero-order chi connectivity index (χ0) is 15.5. The molecular weight excluding hydrogens is 286 g/mol. The van der Waals surface area contributed by atoms with Crippen molar-refractivity contribution in [3.05, 3.63) is 17.5 Å². The Morgan fingerprint density at radius 1 is 1.52 bits per heavy atom. The molecule has 2 heterocycles. The van der Waals surface area contributed by atoms with E-state index in [2.05, 4.69) is 17.3 Å². The van der Waals surface area contributed by atoms with Gasteiger partial charge in [-0.15, -0.1) is 0 Å². The lowest BCUT2D eigenvalue weighted by molar-refractivity contribution is -0.140. The summed E-state index contributed by atoms with van der Waals surface area (Å²) in [7, 11) is 0. The summed E-state index contributed by atoms with van der Waals surface area (Å²) in [5, 5.41) is 17.7. The first-order valence-corrected chi connectivity index (χ1v) is 8.66. The minimum absolute atomic E-state index is 0.219. The average Bonchev–Trinajstić information content (AvgIpc) is 2.75. The summed E-state index contributed by atoms with van der Waals surface area (Å²) >= 11 is 1.79. The molecule has 0 radical (unpaired) electrons. The maximum Gasteiger partial charge on any atom is 0.252 e. The van der Waals surface area contributed by atoms with E-state index in [4.69, 9.17) is 0 Å². The predicted octanol–water partition coefficient (Wildman–Crippen LogP) is 1.51. The van der Waals surface area contributed by atoms with E-state index in [-0.39, 0.29) is 11.8 Å². The normalized spacial score (nSPS) is 19.2. The zero-order valence-corrected chi connectivity index (χ0v) is 13.9. The van der Waals surface area contributed by atoms with Gasteiger partial charge >= 0.3 is 0 Å². The smallest absolute Gasteiger partial charge is 0.252 e. The molecule has 2 N–H and O–H groups in total. The fourth-order valence-electron chi connectivity index (χ4n) is 2.59. The molecule has 21 heavy (non-hydrogen) atoms. The van der Waals surface area contributed by atoms with Crippen LogP contribution >= 0.6 is 11.8 Å². The molecule has 2 rings (SSSR count). The minimum Gasteiger partial charge on any atom is -0.380 e. The molecule has 1 saturated heterocycles. The van der Waals surface area contributed by atoms with Crippen molar-refractivity contribution < 1.29 is 9.90 Å². The Labute approximate surface area is 130 Å². The Morgan fingerprint density at radius 2 is 2.19 bits per heavy atom. The molecular formula is C15H25N3O2S. The molecule has 118 valence electrons. The fraction of sp³-hybridized carbons (Fsp3) is 0.733. The van der Waals surface area contributed by atoms with Gasteiger partial charge in [0.25, 0.3) is 5.91 Å². The van der Waals surface area contributed by atoms with Gasteiger partial charge in [-0.2, -0.15) is 16.9 Å². The van der Waals surface area contributed by atoms with Crippen LogP contribution in [-0.2, 0) is 11.3 Å². The molecule has 6 heteroatoms. The van der Waals surface area contributed by atoms with Gasteiger partial charge in [0.2, 0.25) is 0 Å². The van der Waals surface area contributed by atoms with Crippen LogP contribution in [0.25, 0.3) is 0 Å². The number of nitrogens with one attached hydrogen (secondary N) is 1. The number of aryl methyl sites for hydroxylation is 2. The fourth-order valence-corrected chi connectivity index (χ4v) is 3.76. The van der Waals surface area contributed by atoms with Crippen molar-refractivity contribution in [1.29, 1.82) is 0 Å². The first kappa shape index (κ1) is 16.4. The molecule has 0 spiro atoms. The second kappa shape index (κ2) is 6.83. The number of nitrogens with zero attached hydrogens (tertiary/aromatic N) is 2. The maximum atomic E-state index is 12.2. The van der Waals surface area contributed by atoms with E-state index in [0.29, 0.717) is 19.4 Å². The SMILES string of the molecule is Cc1cc(C)n(C[C@H](C)CNC(=O)C2(O)CCSCC2)n1. The van der Waals surface area contributed by atoms with Crippen LogP contribution in [0.2, 0.25) is 0 Å². The number of aliphatic hydroxyl groups is 1. The molecule has 5 nitrogen and oxygen atoms in total. The van der Waals surface area contributed by atoms with E-state index in [1.807, 2.05) is 24.6 Å². The number of thioether (sulfide) groups is 1. The van der Waals surface area contributed by atoms with E-state index >= 15 is 0 Å². The molecule has 0 aromatic carbocycles. The topological polar surface area (TPSA) is 67.2 Å². The number of carbonyl (C=O) groups is 1. The highest BCUT2D eigenvalue weighted by Crippen LogP contribution is 2.27. The van der Waals surface area contributed by atoms with E-state index < -0.39 is 5.60 Å². The Morgan fingerprint density at radius 3 is 2.76 bits per heavy atom. The number of hydrogen-bond acceptors (Lipinski definition) is 4. The third kappa shape index (κ3) is 4.23. The summed E-state index contributed by atoms with van der Waals surface area (Å²) in [4.78, 5) is 12.2. The molecule has 0 saturated carbocycles. The first-order valence-electron chi connectivity index (χ1n) is 7.50. The molecule has 1 aliphatic rings. The van der Waals surface area contributed by atoms with E-state index in [1.54, 1.807) is 11.8 Å². The Balaban J connectivity index is 1.82. The van der Waals surface area contributed by atoms with Crippen LogP contribution < -0.4 is 5.32 Å². The van der Waals surface area contributed by atoms with Crippen LogP contribution in [0.3, 0.4) is 0 Å². The van der Waals surface area contributed by atoms with Gasteiger partial charge in [-0.25, -0.2) is 0 Å². The van der Waals surface area contributed by atoms with Crippen molar-refractivity contribution >= 4 is 17.7 Å². The van der Waals surface area contributed by atoms with Crippen molar-refractivity contribution in [3.63, 3.8) is 0 Å². The number of hydrogen-bond donors (Lipinski definition) is 2. The molecule has 0 bridgehead atoms. The largest absolute Gasteiger partial charge is 0.380 e. The predicted molar refractivity (Wildman–Crippen MR) is 85.4 cm³/mol. The summed E-state index contributed by atoms with van der Waals surface area (Å²) in [6, 6.07) is 2.05. The van der Waals surface area contributed by atoms with E-state index in [0.717, 1.165) is 29.4 Å². The maximum absolute atomic E-state index is 12.2. The van der Waals surface area contributed by atoms with Gasteiger partial charge in [-0.3, -0.25) is 9.48 Å². The summed E-state index contributed by atoms with van der Waals surface area (Å²) in [6.07, 6.45) is 1.10. The molecule has 1 aliphatic heterocycles. The van der Waals surface area contributed by atoms with Crippen molar-refractivity contribution in [3.8, 4) is 0 Å². The molecule has 1 fully saturated rings. The summed E-state index contributed by atoms with van der Waals surface area (Å²) in [6.45, 7) is 7.43. The molecule has 0 aliphatic carbocycles. The lowest BCUT2D eigenvalue weighted by Gasteiger charge is -2.30. The third-order valence-electron chi connectivity index (χ3n) is 3.94. The monoisotopic (exact) mass is 311 g/mol. The molecule has 1 atom stereocenters. The quantitative estimate of drug-likeness (QED) is 0.865. The minimum atomic E-state index is -1.16. The standard InChI is InChI=1S/C15H25N3O2S/c1-11(10-18-13(3)8-12(2)17-18)9-16-14(19)15(20)4-6-21-7-5-15/h8,11,20H,4-7,9-10H2,1-3H3,(H,16,19)/t11-/m1/s1. The van der Waals surface area contributed by atoms with Crippen molar-refractivity contribution in [2.24, 2.45) is 5.92 Å². The van der Waals surface area contributed by atoms with Crippen LogP contribution in [0.15, 0.2) is 6.07 Å². The van der Waals surface area contributed by atoms with Crippen LogP contribution in [0, 0.1) is 19.8 Å². The number of rotatable bonds is 5. The van der Waals surface area contributed by atoms with E-state index in [1.165, 1.54) is 0 Å². The second-order valence-electron chi connectivity index (χ2n) is 6.07. The second-order valence-corrected chi connectivity index (χ2v) is 7.29. The zero-order valence-electron chi connectivity index (χ0n) is 13.1. The number of amides is 1. The Bertz CT molecular complexity index is 495. The van der Waals surface area contributed by atoms with Crippen LogP contribution in [-0.4, -0.2) is 44.4 Å². The Kier molecular flexibility index (Phi) is 5.32. The van der Waals surface area contributed by atoms with Crippen LogP contribution in [0.4, 0.5) is 0 Å². The van der Waals surface area contributed by atoms with Gasteiger partial charge in [0.15, 0.2) is 0 Å². The van der Waals surface area contributed by atoms with Gasteiger partial charge in [-0.05, 0) is 50.2 Å². The van der Waals surface area contributed by atoms with Gasteiger partial charge in [-0.1, -0.05) is 6.92 Å². The Hall–Kier alpha value is -1.01. The summed E-state index contributed by atoms with van der Waals surface area (Å²) < 4.78 is 1.97. The first-order chi connectivity index (χ1) is 9.90. The molecule has 0 unspecified atom stereocenters. The van der Waals surface area contributed by atoms with Crippen molar-refractivity contribution in [2.45, 2.75) is 45.8 Å². The van der Waals surface area contributed by atoms with Gasteiger partial charge in [0, 0.05) is 18.8 Å². The van der Waals surface area contributed by atoms with E-state index in [9.17, 15) is 9.90 Å². The summed E-state index contributed by atoms with van der Waals surface area (Å²) in [5.41, 5.74) is 0.981. The average molecular weight is 311 g/mol. The van der Waals surface area contributed by atoms with Gasteiger partial charge in [0.1, 0.15) is 5.60 Å². The third-order valence-corrected chi connectivity index (χ3v) is 4.93.